The average molecular weight is 299 g/mol. The minimum Gasteiger partial charge on any atom is -0.308 e. The molecule has 2 rings (SSSR count). The van der Waals surface area contributed by atoms with Crippen molar-refractivity contribution in [3.63, 3.8) is 0 Å². The summed E-state index contributed by atoms with van der Waals surface area (Å²) in [5.41, 5.74) is 0.842. The maximum atomic E-state index is 12.1. The monoisotopic (exact) mass is 299 g/mol. The third-order valence-electron chi connectivity index (χ3n) is 2.63. The Morgan fingerprint density at radius 2 is 2.11 bits per heavy atom. The lowest BCUT2D eigenvalue weighted by Crippen LogP contribution is -2.31. The summed E-state index contributed by atoms with van der Waals surface area (Å²) in [5.74, 6) is 0. The highest BCUT2D eigenvalue weighted by molar-refractivity contribution is 7.89. The molecule has 1 N–H and O–H groups in total. The molecule has 1 aromatic heterocycles. The molecule has 5 nitrogen and oxygen atoms in total. The van der Waals surface area contributed by atoms with Gasteiger partial charge >= 0.3 is 0 Å². The first-order chi connectivity index (χ1) is 8.88. The summed E-state index contributed by atoms with van der Waals surface area (Å²) in [6, 6.07) is 5.02. The van der Waals surface area contributed by atoms with Gasteiger partial charge in [-0.25, -0.2) is 18.1 Å². The van der Waals surface area contributed by atoms with Crippen LogP contribution in [0.4, 0.5) is 0 Å². The number of rotatable bonds is 5. The summed E-state index contributed by atoms with van der Waals surface area (Å²) >= 11 is 1.50. The predicted octanol–water partition coefficient (Wildman–Crippen LogP) is 1.44. The van der Waals surface area contributed by atoms with E-state index in [2.05, 4.69) is 9.71 Å². The minimum absolute atomic E-state index is 0.294. The molecular weight excluding hydrogens is 282 g/mol. The molecule has 0 aliphatic heterocycles. The molecule has 0 amide bonds. The Labute approximate surface area is 117 Å². The van der Waals surface area contributed by atoms with Crippen LogP contribution >= 0.6 is 11.3 Å². The summed E-state index contributed by atoms with van der Waals surface area (Å²) in [4.78, 5) is 6.54. The quantitative estimate of drug-likeness (QED) is 0.907. The minimum atomic E-state index is -3.44. The fourth-order valence-electron chi connectivity index (χ4n) is 1.67. The second-order valence-corrected chi connectivity index (χ2v) is 7.57. The third-order valence-corrected chi connectivity index (χ3v) is 5.02. The highest BCUT2D eigenvalue weighted by Gasteiger charge is 2.14. The molecule has 0 saturated carbocycles. The lowest BCUT2D eigenvalue weighted by Gasteiger charge is -2.10. The van der Waals surface area contributed by atoms with Crippen LogP contribution in [-0.2, 0) is 10.0 Å². The van der Waals surface area contributed by atoms with Crippen molar-refractivity contribution in [2.75, 3.05) is 27.2 Å². The fourth-order valence-corrected chi connectivity index (χ4v) is 3.66. The standard InChI is InChI=1S/C12H17N3O2S2/c1-9-14-11-5-4-10(8-12(11)18-9)19(16,17)13-6-7-15(2)3/h4-5,8,13H,6-7H2,1-3H3. The van der Waals surface area contributed by atoms with Crippen molar-refractivity contribution < 1.29 is 8.42 Å². The summed E-state index contributed by atoms with van der Waals surface area (Å²) in [7, 11) is 0.371. The molecule has 0 radical (unpaired) electrons. The number of fused-ring (bicyclic) bond motifs is 1. The molecule has 0 spiro atoms. The Morgan fingerprint density at radius 1 is 1.37 bits per heavy atom. The van der Waals surface area contributed by atoms with Crippen molar-refractivity contribution in [3.05, 3.63) is 23.2 Å². The molecule has 19 heavy (non-hydrogen) atoms. The zero-order chi connectivity index (χ0) is 14.0. The van der Waals surface area contributed by atoms with E-state index in [9.17, 15) is 8.42 Å². The van der Waals surface area contributed by atoms with Gasteiger partial charge in [-0.2, -0.15) is 0 Å². The van der Waals surface area contributed by atoms with Crippen molar-refractivity contribution in [2.24, 2.45) is 0 Å². The molecule has 1 heterocycles. The van der Waals surface area contributed by atoms with Crippen LogP contribution in [0.25, 0.3) is 10.2 Å². The van der Waals surface area contributed by atoms with Gasteiger partial charge in [-0.15, -0.1) is 11.3 Å². The van der Waals surface area contributed by atoms with Gasteiger partial charge in [0.1, 0.15) is 0 Å². The number of aryl methyl sites for hydroxylation is 1. The summed E-state index contributed by atoms with van der Waals surface area (Å²) in [6.07, 6.45) is 0. The van der Waals surface area contributed by atoms with Crippen LogP contribution in [0.5, 0.6) is 0 Å². The Hall–Kier alpha value is -1.02. The Kier molecular flexibility index (Phi) is 4.19. The van der Waals surface area contributed by atoms with Gasteiger partial charge < -0.3 is 4.90 Å². The molecule has 0 fully saturated rings. The molecule has 7 heteroatoms. The van der Waals surface area contributed by atoms with Crippen molar-refractivity contribution in [3.8, 4) is 0 Å². The number of hydrogen-bond acceptors (Lipinski definition) is 5. The van der Waals surface area contributed by atoms with Crippen LogP contribution in [0.1, 0.15) is 5.01 Å². The van der Waals surface area contributed by atoms with Crippen LogP contribution in [0.3, 0.4) is 0 Å². The van der Waals surface area contributed by atoms with Gasteiger partial charge in [0.15, 0.2) is 0 Å². The number of sulfonamides is 1. The topological polar surface area (TPSA) is 62.3 Å². The molecule has 1 aromatic carbocycles. The fraction of sp³-hybridized carbons (Fsp3) is 0.417. The maximum absolute atomic E-state index is 12.1. The SMILES string of the molecule is Cc1nc2ccc(S(=O)(=O)NCCN(C)C)cc2s1. The normalized spacial score (nSPS) is 12.4. The van der Waals surface area contributed by atoms with Crippen molar-refractivity contribution in [1.29, 1.82) is 0 Å². The van der Waals surface area contributed by atoms with Gasteiger partial charge in [0.2, 0.25) is 10.0 Å². The Morgan fingerprint density at radius 3 is 2.79 bits per heavy atom. The van der Waals surface area contributed by atoms with E-state index in [1.165, 1.54) is 11.3 Å². The Bertz CT molecular complexity index is 677. The zero-order valence-electron chi connectivity index (χ0n) is 11.2. The molecule has 0 atom stereocenters. The third kappa shape index (κ3) is 3.50. The van der Waals surface area contributed by atoms with Crippen LogP contribution in [0.15, 0.2) is 23.1 Å². The smallest absolute Gasteiger partial charge is 0.240 e. The number of nitrogens with one attached hydrogen (secondary N) is 1. The van der Waals surface area contributed by atoms with Gasteiger partial charge in [0.25, 0.3) is 0 Å². The largest absolute Gasteiger partial charge is 0.308 e. The molecule has 0 bridgehead atoms. The highest BCUT2D eigenvalue weighted by Crippen LogP contribution is 2.24. The lowest BCUT2D eigenvalue weighted by molar-refractivity contribution is 0.412. The molecule has 104 valence electrons. The van der Waals surface area contributed by atoms with Crippen molar-refractivity contribution >= 4 is 31.6 Å². The molecule has 2 aromatic rings. The van der Waals surface area contributed by atoms with Crippen LogP contribution in [-0.4, -0.2) is 45.5 Å². The van der Waals surface area contributed by atoms with Crippen molar-refractivity contribution in [2.45, 2.75) is 11.8 Å². The van der Waals surface area contributed by atoms with Gasteiger partial charge in [0, 0.05) is 13.1 Å². The predicted molar refractivity (Wildman–Crippen MR) is 78.1 cm³/mol. The number of likely N-dealkylation sites (N-methyl/N-ethyl adjacent to an activating group) is 1. The van der Waals surface area contributed by atoms with E-state index in [1.807, 2.05) is 25.9 Å². The second kappa shape index (κ2) is 5.54. The van der Waals surface area contributed by atoms with Crippen molar-refractivity contribution in [1.82, 2.24) is 14.6 Å². The van der Waals surface area contributed by atoms with E-state index in [-0.39, 0.29) is 0 Å². The van der Waals surface area contributed by atoms with Crippen LogP contribution in [0.2, 0.25) is 0 Å². The summed E-state index contributed by atoms with van der Waals surface area (Å²) in [5, 5.41) is 0.935. The van der Waals surface area contributed by atoms with Crippen LogP contribution in [0, 0.1) is 6.92 Å². The van der Waals surface area contributed by atoms with Gasteiger partial charge in [-0.3, -0.25) is 0 Å². The average Bonchev–Trinajstić information content (AvgIpc) is 2.67. The summed E-state index contributed by atoms with van der Waals surface area (Å²) < 4.78 is 27.7. The zero-order valence-corrected chi connectivity index (χ0v) is 12.8. The van der Waals surface area contributed by atoms with E-state index < -0.39 is 10.0 Å². The van der Waals surface area contributed by atoms with E-state index in [0.29, 0.717) is 18.0 Å². The van der Waals surface area contributed by atoms with Gasteiger partial charge in [0.05, 0.1) is 20.1 Å². The second-order valence-electron chi connectivity index (χ2n) is 4.56. The number of hydrogen-bond donors (Lipinski definition) is 1. The number of nitrogens with zero attached hydrogens (tertiary/aromatic N) is 2. The van der Waals surface area contributed by atoms with E-state index in [4.69, 9.17) is 0 Å². The maximum Gasteiger partial charge on any atom is 0.240 e. The van der Waals surface area contributed by atoms with E-state index in [0.717, 1.165) is 15.2 Å². The van der Waals surface area contributed by atoms with Gasteiger partial charge in [-0.05, 0) is 39.2 Å². The first-order valence-electron chi connectivity index (χ1n) is 5.90. The number of aromatic nitrogens is 1. The van der Waals surface area contributed by atoms with E-state index >= 15 is 0 Å². The molecule has 0 aliphatic carbocycles. The Balaban J connectivity index is 2.22. The molecular formula is C12H17N3O2S2. The number of thiazole rings is 1. The molecule has 0 unspecified atom stereocenters. The molecule has 0 saturated heterocycles. The highest BCUT2D eigenvalue weighted by atomic mass is 32.2. The number of benzene rings is 1. The molecule has 0 aliphatic rings. The van der Waals surface area contributed by atoms with Crippen LogP contribution < -0.4 is 4.72 Å². The van der Waals surface area contributed by atoms with Gasteiger partial charge in [-0.1, -0.05) is 0 Å². The first kappa shape index (κ1) is 14.4. The first-order valence-corrected chi connectivity index (χ1v) is 8.20. The lowest BCUT2D eigenvalue weighted by atomic mass is 10.3. The van der Waals surface area contributed by atoms with E-state index in [1.54, 1.807) is 18.2 Å². The summed E-state index contributed by atoms with van der Waals surface area (Å²) in [6.45, 7) is 2.98.